The van der Waals surface area contributed by atoms with E-state index in [-0.39, 0.29) is 0 Å². The summed E-state index contributed by atoms with van der Waals surface area (Å²) >= 11 is 1.85. The van der Waals surface area contributed by atoms with Gasteiger partial charge in [-0.2, -0.15) is 0 Å². The molecule has 2 aromatic rings. The number of fused-ring (bicyclic) bond motifs is 1. The van der Waals surface area contributed by atoms with Crippen molar-refractivity contribution in [3.63, 3.8) is 0 Å². The second-order valence-corrected chi connectivity index (χ2v) is 6.63. The normalized spacial score (nSPS) is 18.4. The Bertz CT molecular complexity index is 613. The number of thiazole rings is 1. The molecular formula is C14H19N5S. The number of aromatic nitrogens is 3. The van der Waals surface area contributed by atoms with Crippen molar-refractivity contribution in [1.29, 1.82) is 0 Å². The maximum atomic E-state index is 4.94. The van der Waals surface area contributed by atoms with Crippen LogP contribution in [0.3, 0.4) is 0 Å². The third-order valence-electron chi connectivity index (χ3n) is 4.03. The smallest absolute Gasteiger partial charge is 0.186 e. The SMILES string of the molecule is CNCc1sc(N2CCn3ccnc3C2)nc1C1CC1. The largest absolute Gasteiger partial charge is 0.339 e. The zero-order valence-electron chi connectivity index (χ0n) is 11.7. The van der Waals surface area contributed by atoms with Crippen LogP contribution in [0.4, 0.5) is 5.13 Å². The second kappa shape index (κ2) is 4.86. The van der Waals surface area contributed by atoms with Gasteiger partial charge in [-0.1, -0.05) is 0 Å². The van der Waals surface area contributed by atoms with Crippen molar-refractivity contribution in [3.05, 3.63) is 28.8 Å². The van der Waals surface area contributed by atoms with Crippen LogP contribution in [0.25, 0.3) is 0 Å². The average molecular weight is 289 g/mol. The van der Waals surface area contributed by atoms with E-state index in [2.05, 4.69) is 26.0 Å². The van der Waals surface area contributed by atoms with Crippen LogP contribution in [0, 0.1) is 0 Å². The van der Waals surface area contributed by atoms with Crippen molar-refractivity contribution >= 4 is 16.5 Å². The quantitative estimate of drug-likeness (QED) is 0.934. The van der Waals surface area contributed by atoms with Crippen molar-refractivity contribution in [2.75, 3.05) is 18.5 Å². The number of anilines is 1. The summed E-state index contributed by atoms with van der Waals surface area (Å²) in [5.74, 6) is 1.87. The number of hydrogen-bond acceptors (Lipinski definition) is 5. The highest BCUT2D eigenvalue weighted by molar-refractivity contribution is 7.15. The number of imidazole rings is 1. The van der Waals surface area contributed by atoms with Gasteiger partial charge in [0.15, 0.2) is 5.13 Å². The number of nitrogens with zero attached hydrogens (tertiary/aromatic N) is 4. The molecular weight excluding hydrogens is 270 g/mol. The van der Waals surface area contributed by atoms with Crippen molar-refractivity contribution in [2.24, 2.45) is 0 Å². The average Bonchev–Trinajstić information content (AvgIpc) is 3.05. The molecule has 6 heteroatoms. The second-order valence-electron chi connectivity index (χ2n) is 5.57. The molecule has 0 saturated heterocycles. The van der Waals surface area contributed by atoms with Crippen molar-refractivity contribution in [1.82, 2.24) is 19.9 Å². The Balaban J connectivity index is 1.61. The van der Waals surface area contributed by atoms with Crippen molar-refractivity contribution in [3.8, 4) is 0 Å². The monoisotopic (exact) mass is 289 g/mol. The van der Waals surface area contributed by atoms with Crippen molar-refractivity contribution in [2.45, 2.75) is 38.4 Å². The van der Waals surface area contributed by atoms with Crippen LogP contribution >= 0.6 is 11.3 Å². The molecule has 0 radical (unpaired) electrons. The minimum absolute atomic E-state index is 0.718. The fourth-order valence-electron chi connectivity index (χ4n) is 2.79. The van der Waals surface area contributed by atoms with Gasteiger partial charge in [-0.15, -0.1) is 11.3 Å². The van der Waals surface area contributed by atoms with E-state index >= 15 is 0 Å². The first-order valence-corrected chi connectivity index (χ1v) is 8.06. The van der Waals surface area contributed by atoms with Gasteiger partial charge in [0.2, 0.25) is 0 Å². The summed E-state index contributed by atoms with van der Waals surface area (Å²) in [7, 11) is 2.01. The van der Waals surface area contributed by atoms with E-state index in [0.29, 0.717) is 0 Å². The Morgan fingerprint density at radius 1 is 1.40 bits per heavy atom. The van der Waals surface area contributed by atoms with E-state index in [0.717, 1.165) is 37.9 Å². The minimum atomic E-state index is 0.718. The fraction of sp³-hybridized carbons (Fsp3) is 0.571. The maximum Gasteiger partial charge on any atom is 0.186 e. The molecule has 4 rings (SSSR count). The standard InChI is InChI=1S/C14H19N5S/c1-15-8-11-13(10-2-3-10)17-14(20-11)19-7-6-18-5-4-16-12(18)9-19/h4-5,10,15H,2-3,6-9H2,1H3. The first-order chi connectivity index (χ1) is 9.85. The molecule has 1 aliphatic carbocycles. The lowest BCUT2D eigenvalue weighted by atomic mass is 10.2. The lowest BCUT2D eigenvalue weighted by Crippen LogP contribution is -2.33. The summed E-state index contributed by atoms with van der Waals surface area (Å²) in [6.45, 7) is 3.85. The summed E-state index contributed by atoms with van der Waals surface area (Å²) in [6, 6.07) is 0. The Labute approximate surface area is 122 Å². The van der Waals surface area contributed by atoms with Gasteiger partial charge in [0.1, 0.15) is 5.82 Å². The molecule has 2 aromatic heterocycles. The molecule has 0 amide bonds. The van der Waals surface area contributed by atoms with E-state index in [9.17, 15) is 0 Å². The molecule has 20 heavy (non-hydrogen) atoms. The van der Waals surface area contributed by atoms with Crippen LogP contribution in [0.2, 0.25) is 0 Å². The van der Waals surface area contributed by atoms with Crippen LogP contribution in [0.15, 0.2) is 12.4 Å². The topological polar surface area (TPSA) is 46.0 Å². The van der Waals surface area contributed by atoms with Gasteiger partial charge in [0, 0.05) is 42.8 Å². The van der Waals surface area contributed by atoms with E-state index in [4.69, 9.17) is 4.98 Å². The molecule has 2 aliphatic rings. The van der Waals surface area contributed by atoms with Gasteiger partial charge < -0.3 is 14.8 Å². The lowest BCUT2D eigenvalue weighted by Gasteiger charge is -2.27. The Morgan fingerprint density at radius 2 is 2.30 bits per heavy atom. The molecule has 106 valence electrons. The Hall–Kier alpha value is -1.40. The van der Waals surface area contributed by atoms with Crippen LogP contribution in [0.1, 0.15) is 35.2 Å². The van der Waals surface area contributed by atoms with E-state index in [1.807, 2.05) is 24.6 Å². The highest BCUT2D eigenvalue weighted by Crippen LogP contribution is 2.44. The summed E-state index contributed by atoms with van der Waals surface area (Å²) < 4.78 is 2.24. The molecule has 1 fully saturated rings. The van der Waals surface area contributed by atoms with Crippen LogP contribution in [-0.4, -0.2) is 28.1 Å². The molecule has 1 N–H and O–H groups in total. The van der Waals surface area contributed by atoms with Gasteiger partial charge in [-0.3, -0.25) is 0 Å². The summed E-state index contributed by atoms with van der Waals surface area (Å²) in [4.78, 5) is 13.2. The molecule has 0 atom stereocenters. The highest BCUT2D eigenvalue weighted by Gasteiger charge is 2.31. The predicted octanol–water partition coefficient (Wildman–Crippen LogP) is 1.96. The van der Waals surface area contributed by atoms with E-state index < -0.39 is 0 Å². The lowest BCUT2D eigenvalue weighted by molar-refractivity contribution is 0.559. The highest BCUT2D eigenvalue weighted by atomic mass is 32.1. The van der Waals surface area contributed by atoms with Crippen LogP contribution < -0.4 is 10.2 Å². The molecule has 1 saturated carbocycles. The fourth-order valence-corrected chi connectivity index (χ4v) is 3.97. The summed E-state index contributed by atoms with van der Waals surface area (Å²) in [5, 5.41) is 4.44. The predicted molar refractivity (Wildman–Crippen MR) is 80.1 cm³/mol. The minimum Gasteiger partial charge on any atom is -0.339 e. The molecule has 0 aromatic carbocycles. The van der Waals surface area contributed by atoms with E-state index in [1.54, 1.807) is 0 Å². The van der Waals surface area contributed by atoms with Gasteiger partial charge in [-0.05, 0) is 19.9 Å². The third-order valence-corrected chi connectivity index (χ3v) is 5.16. The molecule has 3 heterocycles. The third kappa shape index (κ3) is 2.13. The molecule has 5 nitrogen and oxygen atoms in total. The summed E-state index contributed by atoms with van der Waals surface area (Å²) in [6.07, 6.45) is 6.58. The Kier molecular flexibility index (Phi) is 3.00. The number of nitrogens with one attached hydrogen (secondary N) is 1. The number of hydrogen-bond donors (Lipinski definition) is 1. The zero-order chi connectivity index (χ0) is 13.5. The zero-order valence-corrected chi connectivity index (χ0v) is 12.5. The molecule has 0 bridgehead atoms. The van der Waals surface area contributed by atoms with Crippen LogP contribution in [0.5, 0.6) is 0 Å². The van der Waals surface area contributed by atoms with Gasteiger partial charge >= 0.3 is 0 Å². The van der Waals surface area contributed by atoms with Gasteiger partial charge in [-0.25, -0.2) is 9.97 Å². The van der Waals surface area contributed by atoms with Crippen LogP contribution in [-0.2, 0) is 19.6 Å². The first-order valence-electron chi connectivity index (χ1n) is 7.24. The summed E-state index contributed by atoms with van der Waals surface area (Å²) in [5.41, 5.74) is 1.34. The van der Waals surface area contributed by atoms with Crippen molar-refractivity contribution < 1.29 is 0 Å². The number of rotatable bonds is 4. The van der Waals surface area contributed by atoms with E-state index in [1.165, 1.54) is 28.5 Å². The molecule has 1 aliphatic heterocycles. The first kappa shape index (κ1) is 12.3. The maximum absolute atomic E-state index is 4.94. The Morgan fingerprint density at radius 3 is 3.10 bits per heavy atom. The van der Waals surface area contributed by atoms with Gasteiger partial charge in [0.25, 0.3) is 0 Å². The molecule has 0 unspecified atom stereocenters. The molecule has 0 spiro atoms. The van der Waals surface area contributed by atoms with Gasteiger partial charge in [0.05, 0.1) is 12.2 Å².